The van der Waals surface area contributed by atoms with Gasteiger partial charge in [0.25, 0.3) is 0 Å². The molecule has 2 aromatic rings. The van der Waals surface area contributed by atoms with Gasteiger partial charge in [-0.3, -0.25) is 4.79 Å². The van der Waals surface area contributed by atoms with E-state index in [2.05, 4.69) is 5.10 Å². The summed E-state index contributed by atoms with van der Waals surface area (Å²) in [5.74, 6) is -2.96. The highest BCUT2D eigenvalue weighted by molar-refractivity contribution is 5.93. The summed E-state index contributed by atoms with van der Waals surface area (Å²) in [6.45, 7) is 0.324. The standard InChI is InChI=1S/C20H17F3N4O3/c21-13-5-12(6-14(22)8-13)17-3-4-25-27(17)20(29)26-9-15(10-26)30-18-7-11(19(24)28)1-2-16(18)23/h1-2,4-8,15,17H,3,9-10H2,(H2,24,28)/t17-/m0/s1. The zero-order valence-corrected chi connectivity index (χ0v) is 15.6. The quantitative estimate of drug-likeness (QED) is 0.828. The number of ether oxygens (including phenoxy) is 1. The molecular formula is C20H17F3N4O3. The zero-order chi connectivity index (χ0) is 21.4. The van der Waals surface area contributed by atoms with Gasteiger partial charge in [-0.25, -0.2) is 23.0 Å². The van der Waals surface area contributed by atoms with Crippen LogP contribution in [0.3, 0.4) is 0 Å². The second-order valence-electron chi connectivity index (χ2n) is 7.03. The molecule has 2 aliphatic rings. The molecule has 7 nitrogen and oxygen atoms in total. The first-order valence-corrected chi connectivity index (χ1v) is 9.14. The van der Waals surface area contributed by atoms with Crippen molar-refractivity contribution in [3.05, 3.63) is 65.0 Å². The van der Waals surface area contributed by atoms with Crippen molar-refractivity contribution in [1.82, 2.24) is 9.91 Å². The van der Waals surface area contributed by atoms with Crippen LogP contribution < -0.4 is 10.5 Å². The van der Waals surface area contributed by atoms with Crippen molar-refractivity contribution < 1.29 is 27.5 Å². The fraction of sp³-hybridized carbons (Fsp3) is 0.250. The minimum absolute atomic E-state index is 0.107. The summed E-state index contributed by atoms with van der Waals surface area (Å²) in [7, 11) is 0. The SMILES string of the molecule is NC(=O)c1ccc(F)c(OC2CN(C(=O)N3N=CC[C@H]3c3cc(F)cc(F)c3)C2)c1. The molecule has 3 amide bonds. The lowest BCUT2D eigenvalue weighted by atomic mass is 10.0. The molecule has 0 unspecified atom stereocenters. The number of urea groups is 1. The molecule has 0 bridgehead atoms. The molecule has 0 radical (unpaired) electrons. The van der Waals surface area contributed by atoms with Gasteiger partial charge in [0.05, 0.1) is 19.1 Å². The molecule has 2 aromatic carbocycles. The fourth-order valence-corrected chi connectivity index (χ4v) is 3.38. The second kappa shape index (κ2) is 7.69. The molecule has 0 aliphatic carbocycles. The lowest BCUT2D eigenvalue weighted by Crippen LogP contribution is -2.58. The predicted octanol–water partition coefficient (Wildman–Crippen LogP) is 2.82. The number of hydrazone groups is 1. The molecule has 156 valence electrons. The summed E-state index contributed by atoms with van der Waals surface area (Å²) in [6, 6.07) is 5.56. The fourth-order valence-electron chi connectivity index (χ4n) is 3.38. The number of amides is 3. The maximum absolute atomic E-state index is 13.9. The van der Waals surface area contributed by atoms with Gasteiger partial charge in [0.1, 0.15) is 17.7 Å². The molecule has 4 rings (SSSR count). The number of carbonyl (C=O) groups excluding carboxylic acids is 2. The number of halogens is 3. The van der Waals surface area contributed by atoms with Crippen LogP contribution in [-0.4, -0.2) is 47.3 Å². The number of primary amides is 1. The highest BCUT2D eigenvalue weighted by atomic mass is 19.1. The van der Waals surface area contributed by atoms with Gasteiger partial charge >= 0.3 is 6.03 Å². The molecule has 30 heavy (non-hydrogen) atoms. The molecule has 0 spiro atoms. The van der Waals surface area contributed by atoms with Gasteiger partial charge < -0.3 is 15.4 Å². The van der Waals surface area contributed by atoms with Crippen molar-refractivity contribution in [2.75, 3.05) is 13.1 Å². The van der Waals surface area contributed by atoms with Gasteiger partial charge in [0.15, 0.2) is 11.6 Å². The number of rotatable bonds is 4. The number of nitrogens with two attached hydrogens (primary N) is 1. The Morgan fingerprint density at radius 1 is 1.07 bits per heavy atom. The van der Waals surface area contributed by atoms with E-state index < -0.39 is 41.5 Å². The van der Waals surface area contributed by atoms with E-state index in [1.54, 1.807) is 0 Å². The van der Waals surface area contributed by atoms with Crippen molar-refractivity contribution in [2.24, 2.45) is 10.8 Å². The van der Waals surface area contributed by atoms with E-state index in [0.29, 0.717) is 12.0 Å². The van der Waals surface area contributed by atoms with E-state index in [4.69, 9.17) is 10.5 Å². The third-order valence-corrected chi connectivity index (χ3v) is 4.92. The lowest BCUT2D eigenvalue weighted by molar-refractivity contribution is 0.0256. The summed E-state index contributed by atoms with van der Waals surface area (Å²) < 4.78 is 46.5. The zero-order valence-electron chi connectivity index (χ0n) is 15.6. The topological polar surface area (TPSA) is 88.2 Å². The Bertz CT molecular complexity index is 1020. The highest BCUT2D eigenvalue weighted by Crippen LogP contribution is 2.32. The van der Waals surface area contributed by atoms with Crippen LogP contribution in [0.4, 0.5) is 18.0 Å². The van der Waals surface area contributed by atoms with Crippen molar-refractivity contribution in [3.63, 3.8) is 0 Å². The first-order valence-electron chi connectivity index (χ1n) is 9.14. The monoisotopic (exact) mass is 418 g/mol. The average molecular weight is 418 g/mol. The molecule has 10 heteroatoms. The van der Waals surface area contributed by atoms with Crippen molar-refractivity contribution in [2.45, 2.75) is 18.6 Å². The van der Waals surface area contributed by atoms with E-state index in [-0.39, 0.29) is 24.4 Å². The molecule has 2 heterocycles. The Labute approximate surface area is 169 Å². The van der Waals surface area contributed by atoms with Crippen molar-refractivity contribution in [1.29, 1.82) is 0 Å². The average Bonchev–Trinajstić information content (AvgIpc) is 3.14. The first kappa shape index (κ1) is 19.7. The number of hydrogen-bond donors (Lipinski definition) is 1. The van der Waals surface area contributed by atoms with E-state index in [1.807, 2.05) is 0 Å². The molecule has 0 saturated carbocycles. The van der Waals surface area contributed by atoms with Crippen LogP contribution in [0.5, 0.6) is 5.75 Å². The summed E-state index contributed by atoms with van der Waals surface area (Å²) in [4.78, 5) is 25.4. The van der Waals surface area contributed by atoms with Crippen molar-refractivity contribution >= 4 is 18.2 Å². The molecule has 1 atom stereocenters. The summed E-state index contributed by atoms with van der Waals surface area (Å²) >= 11 is 0. The van der Waals surface area contributed by atoms with Gasteiger partial charge in [0, 0.05) is 24.3 Å². The van der Waals surface area contributed by atoms with Gasteiger partial charge in [-0.05, 0) is 35.9 Å². The van der Waals surface area contributed by atoms with Crippen LogP contribution in [0, 0.1) is 17.5 Å². The van der Waals surface area contributed by atoms with Gasteiger partial charge in [0.2, 0.25) is 5.91 Å². The predicted molar refractivity (Wildman–Crippen MR) is 100 cm³/mol. The van der Waals surface area contributed by atoms with Crippen LogP contribution in [0.2, 0.25) is 0 Å². The van der Waals surface area contributed by atoms with E-state index in [0.717, 1.165) is 12.1 Å². The summed E-state index contributed by atoms with van der Waals surface area (Å²) in [6.07, 6.45) is 1.35. The first-order chi connectivity index (χ1) is 14.3. The molecular weight excluding hydrogens is 401 g/mol. The number of hydrogen-bond acceptors (Lipinski definition) is 4. The Morgan fingerprint density at radius 3 is 2.43 bits per heavy atom. The normalized spacial score (nSPS) is 18.4. The number of likely N-dealkylation sites (tertiary alicyclic amines) is 1. The molecule has 1 saturated heterocycles. The van der Waals surface area contributed by atoms with Crippen LogP contribution in [-0.2, 0) is 0 Å². The number of carbonyl (C=O) groups is 2. The second-order valence-corrected chi connectivity index (χ2v) is 7.03. The van der Waals surface area contributed by atoms with Gasteiger partial charge in [-0.1, -0.05) is 0 Å². The third kappa shape index (κ3) is 3.80. The van der Waals surface area contributed by atoms with E-state index in [1.165, 1.54) is 40.4 Å². The molecule has 1 fully saturated rings. The Balaban J connectivity index is 1.40. The highest BCUT2D eigenvalue weighted by Gasteiger charge is 2.39. The smallest absolute Gasteiger partial charge is 0.341 e. The Kier molecular flexibility index (Phi) is 5.06. The Morgan fingerprint density at radius 2 is 1.77 bits per heavy atom. The number of benzene rings is 2. The summed E-state index contributed by atoms with van der Waals surface area (Å²) in [5.41, 5.74) is 5.60. The lowest BCUT2D eigenvalue weighted by Gasteiger charge is -2.41. The van der Waals surface area contributed by atoms with Gasteiger partial charge in [-0.15, -0.1) is 0 Å². The molecule has 0 aromatic heterocycles. The minimum atomic E-state index is -0.734. The van der Waals surface area contributed by atoms with E-state index in [9.17, 15) is 22.8 Å². The largest absolute Gasteiger partial charge is 0.484 e. The Hall–Kier alpha value is -3.56. The van der Waals surface area contributed by atoms with Crippen LogP contribution in [0.1, 0.15) is 28.4 Å². The van der Waals surface area contributed by atoms with Crippen molar-refractivity contribution in [3.8, 4) is 5.75 Å². The van der Waals surface area contributed by atoms with Crippen LogP contribution >= 0.6 is 0 Å². The molecule has 2 aliphatic heterocycles. The third-order valence-electron chi connectivity index (χ3n) is 4.92. The minimum Gasteiger partial charge on any atom is -0.484 e. The number of nitrogens with zero attached hydrogens (tertiary/aromatic N) is 3. The van der Waals surface area contributed by atoms with Crippen LogP contribution in [0.15, 0.2) is 41.5 Å². The molecule has 2 N–H and O–H groups in total. The van der Waals surface area contributed by atoms with Gasteiger partial charge in [-0.2, -0.15) is 5.10 Å². The summed E-state index contributed by atoms with van der Waals surface area (Å²) in [5, 5.41) is 5.20. The van der Waals surface area contributed by atoms with Crippen LogP contribution in [0.25, 0.3) is 0 Å². The maximum atomic E-state index is 13.9. The van der Waals surface area contributed by atoms with E-state index >= 15 is 0 Å². The maximum Gasteiger partial charge on any atom is 0.341 e.